The fourth-order valence-electron chi connectivity index (χ4n) is 2.60. The Bertz CT molecular complexity index is 372. The molecule has 0 saturated carbocycles. The van der Waals surface area contributed by atoms with Crippen LogP contribution in [0, 0.1) is 5.92 Å². The Morgan fingerprint density at radius 1 is 0.952 bits per heavy atom. The van der Waals surface area contributed by atoms with E-state index in [1.54, 1.807) is 0 Å². The van der Waals surface area contributed by atoms with Gasteiger partial charge in [-0.1, -0.05) is 77.0 Å². The third-order valence-corrected chi connectivity index (χ3v) is 3.91. The van der Waals surface area contributed by atoms with E-state index in [2.05, 4.69) is 13.8 Å². The van der Waals surface area contributed by atoms with Crippen molar-refractivity contribution in [1.29, 1.82) is 0 Å². The molecule has 2 heteroatoms. The molecule has 1 aromatic rings. The van der Waals surface area contributed by atoms with E-state index >= 15 is 0 Å². The van der Waals surface area contributed by atoms with Crippen LogP contribution in [0.25, 0.3) is 0 Å². The highest BCUT2D eigenvalue weighted by Gasteiger charge is 2.12. The largest absolute Gasteiger partial charge is 0.427 e. The predicted octanol–water partition coefficient (Wildman–Crippen LogP) is 5.76. The molecule has 0 amide bonds. The molecule has 0 aliphatic carbocycles. The molecule has 0 fully saturated rings. The minimum absolute atomic E-state index is 0.0989. The highest BCUT2D eigenvalue weighted by Crippen LogP contribution is 2.22. The maximum atomic E-state index is 11.9. The summed E-state index contributed by atoms with van der Waals surface area (Å²) in [5.74, 6) is 1.23. The van der Waals surface area contributed by atoms with Crippen LogP contribution in [-0.2, 0) is 4.79 Å². The quantitative estimate of drug-likeness (QED) is 0.294. The Morgan fingerprint density at radius 3 is 2.29 bits per heavy atom. The van der Waals surface area contributed by atoms with E-state index in [4.69, 9.17) is 4.74 Å². The zero-order chi connectivity index (χ0) is 15.3. The van der Waals surface area contributed by atoms with Crippen molar-refractivity contribution < 1.29 is 9.53 Å². The Kier molecular flexibility index (Phi) is 9.60. The molecule has 1 unspecified atom stereocenters. The molecule has 2 nitrogen and oxygen atoms in total. The summed E-state index contributed by atoms with van der Waals surface area (Å²) >= 11 is 0. The number of rotatable bonds is 11. The van der Waals surface area contributed by atoms with E-state index in [1.165, 1.54) is 44.9 Å². The van der Waals surface area contributed by atoms with Crippen molar-refractivity contribution in [2.45, 2.75) is 71.6 Å². The Hall–Kier alpha value is -1.31. The number of hydrogen-bond acceptors (Lipinski definition) is 2. The van der Waals surface area contributed by atoms with Gasteiger partial charge in [-0.25, -0.2) is 0 Å². The number of carbonyl (C=O) groups excluding carboxylic acids is 1. The van der Waals surface area contributed by atoms with Gasteiger partial charge in [0.15, 0.2) is 0 Å². The lowest BCUT2D eigenvalue weighted by molar-refractivity contribution is -0.134. The SMILES string of the molecule is CCCCCC(CCCC)CCC(=O)Oc1ccccc1. The van der Waals surface area contributed by atoms with Gasteiger partial charge in [-0.05, 0) is 24.5 Å². The first-order chi connectivity index (χ1) is 10.3. The van der Waals surface area contributed by atoms with Crippen LogP contribution in [0.3, 0.4) is 0 Å². The summed E-state index contributed by atoms with van der Waals surface area (Å²) in [6.07, 6.45) is 10.4. The average molecular weight is 290 g/mol. The van der Waals surface area contributed by atoms with Gasteiger partial charge in [0.25, 0.3) is 0 Å². The molecule has 0 aromatic heterocycles. The standard InChI is InChI=1S/C19H30O2/c1-3-5-8-12-17(11-6-4-2)15-16-19(20)21-18-13-9-7-10-14-18/h7,9-10,13-14,17H,3-6,8,11-12,15-16H2,1-2H3. The molecule has 118 valence electrons. The third-order valence-electron chi connectivity index (χ3n) is 3.91. The predicted molar refractivity (Wildman–Crippen MR) is 88.5 cm³/mol. The molecule has 0 saturated heterocycles. The monoisotopic (exact) mass is 290 g/mol. The molecule has 1 aromatic carbocycles. The topological polar surface area (TPSA) is 26.3 Å². The van der Waals surface area contributed by atoms with Gasteiger partial charge in [-0.15, -0.1) is 0 Å². The van der Waals surface area contributed by atoms with Gasteiger partial charge in [0.2, 0.25) is 0 Å². The van der Waals surface area contributed by atoms with Crippen molar-refractivity contribution in [2.75, 3.05) is 0 Å². The second kappa shape index (κ2) is 11.4. The van der Waals surface area contributed by atoms with Crippen LogP contribution in [0.4, 0.5) is 0 Å². The van der Waals surface area contributed by atoms with Crippen LogP contribution < -0.4 is 4.74 Å². The van der Waals surface area contributed by atoms with Gasteiger partial charge in [-0.3, -0.25) is 4.79 Å². The molecule has 21 heavy (non-hydrogen) atoms. The first-order valence-corrected chi connectivity index (χ1v) is 8.52. The molecule has 0 heterocycles. The smallest absolute Gasteiger partial charge is 0.311 e. The van der Waals surface area contributed by atoms with Crippen LogP contribution >= 0.6 is 0 Å². The number of benzene rings is 1. The Balaban J connectivity index is 2.31. The number of ether oxygens (including phenoxy) is 1. The molecule has 1 atom stereocenters. The number of para-hydroxylation sites is 1. The molecule has 0 radical (unpaired) electrons. The summed E-state index contributed by atoms with van der Waals surface area (Å²) < 4.78 is 5.36. The van der Waals surface area contributed by atoms with Gasteiger partial charge in [0, 0.05) is 6.42 Å². The van der Waals surface area contributed by atoms with Crippen molar-refractivity contribution in [3.63, 3.8) is 0 Å². The van der Waals surface area contributed by atoms with Gasteiger partial charge < -0.3 is 4.74 Å². The lowest BCUT2D eigenvalue weighted by atomic mass is 9.91. The van der Waals surface area contributed by atoms with Crippen molar-refractivity contribution in [3.8, 4) is 5.75 Å². The van der Waals surface area contributed by atoms with Crippen molar-refractivity contribution in [1.82, 2.24) is 0 Å². The maximum absolute atomic E-state index is 11.9. The second-order valence-electron chi connectivity index (χ2n) is 5.83. The van der Waals surface area contributed by atoms with E-state index in [1.807, 2.05) is 30.3 Å². The van der Waals surface area contributed by atoms with Gasteiger partial charge in [-0.2, -0.15) is 0 Å². The first-order valence-electron chi connectivity index (χ1n) is 8.52. The minimum atomic E-state index is -0.0989. The number of unbranched alkanes of at least 4 members (excludes halogenated alkanes) is 3. The van der Waals surface area contributed by atoms with E-state index in [0.717, 1.165) is 6.42 Å². The first kappa shape index (κ1) is 17.7. The molecule has 1 rings (SSSR count). The average Bonchev–Trinajstić information content (AvgIpc) is 2.50. The summed E-state index contributed by atoms with van der Waals surface area (Å²) in [4.78, 5) is 11.9. The molecule has 0 N–H and O–H groups in total. The summed E-state index contributed by atoms with van der Waals surface area (Å²) in [6, 6.07) is 9.35. The van der Waals surface area contributed by atoms with E-state index in [9.17, 15) is 4.79 Å². The zero-order valence-electron chi connectivity index (χ0n) is 13.6. The van der Waals surface area contributed by atoms with Gasteiger partial charge in [0.05, 0.1) is 0 Å². The number of hydrogen-bond donors (Lipinski definition) is 0. The summed E-state index contributed by atoms with van der Waals surface area (Å²) in [7, 11) is 0. The van der Waals surface area contributed by atoms with Gasteiger partial charge in [0.1, 0.15) is 5.75 Å². The summed E-state index contributed by atoms with van der Waals surface area (Å²) in [5.41, 5.74) is 0. The summed E-state index contributed by atoms with van der Waals surface area (Å²) in [5, 5.41) is 0. The van der Waals surface area contributed by atoms with Crippen molar-refractivity contribution in [3.05, 3.63) is 30.3 Å². The Labute approximate surface area is 129 Å². The highest BCUT2D eigenvalue weighted by atomic mass is 16.5. The Morgan fingerprint density at radius 2 is 1.62 bits per heavy atom. The molecule has 0 bridgehead atoms. The summed E-state index contributed by atoms with van der Waals surface area (Å²) in [6.45, 7) is 4.46. The fraction of sp³-hybridized carbons (Fsp3) is 0.632. The van der Waals surface area contributed by atoms with Gasteiger partial charge >= 0.3 is 5.97 Å². The maximum Gasteiger partial charge on any atom is 0.311 e. The highest BCUT2D eigenvalue weighted by molar-refractivity contribution is 5.72. The van der Waals surface area contributed by atoms with Crippen LogP contribution in [0.5, 0.6) is 5.75 Å². The zero-order valence-corrected chi connectivity index (χ0v) is 13.6. The normalized spacial score (nSPS) is 12.1. The van der Waals surface area contributed by atoms with E-state index in [0.29, 0.717) is 18.1 Å². The number of carbonyl (C=O) groups is 1. The molecular formula is C19H30O2. The van der Waals surface area contributed by atoms with Crippen LogP contribution in [0.15, 0.2) is 30.3 Å². The van der Waals surface area contributed by atoms with Crippen LogP contribution in [0.1, 0.15) is 71.6 Å². The lowest BCUT2D eigenvalue weighted by Gasteiger charge is -2.16. The second-order valence-corrected chi connectivity index (χ2v) is 5.83. The van der Waals surface area contributed by atoms with E-state index in [-0.39, 0.29) is 5.97 Å². The van der Waals surface area contributed by atoms with Crippen molar-refractivity contribution >= 4 is 5.97 Å². The minimum Gasteiger partial charge on any atom is -0.427 e. The van der Waals surface area contributed by atoms with Crippen LogP contribution in [0.2, 0.25) is 0 Å². The van der Waals surface area contributed by atoms with E-state index < -0.39 is 0 Å². The third kappa shape index (κ3) is 8.54. The molecular weight excluding hydrogens is 260 g/mol. The lowest BCUT2D eigenvalue weighted by Crippen LogP contribution is -2.11. The van der Waals surface area contributed by atoms with Crippen LogP contribution in [-0.4, -0.2) is 5.97 Å². The molecule has 0 aliphatic rings. The molecule has 0 aliphatic heterocycles. The number of esters is 1. The fourth-order valence-corrected chi connectivity index (χ4v) is 2.60. The molecule has 0 spiro atoms. The van der Waals surface area contributed by atoms with Crippen molar-refractivity contribution in [2.24, 2.45) is 5.92 Å².